The van der Waals surface area contributed by atoms with Crippen molar-refractivity contribution in [3.8, 4) is 11.5 Å². The molecule has 0 fully saturated rings. The topological polar surface area (TPSA) is 74.0 Å². The second-order valence-corrected chi connectivity index (χ2v) is 5.53. The molecule has 2 unspecified atom stereocenters. The zero-order chi connectivity index (χ0) is 15.7. The van der Waals surface area contributed by atoms with Gasteiger partial charge in [0.15, 0.2) is 11.5 Å². The van der Waals surface area contributed by atoms with E-state index in [1.165, 1.54) is 0 Å². The lowest BCUT2D eigenvalue weighted by Crippen LogP contribution is -2.46. The molecule has 2 atom stereocenters. The van der Waals surface area contributed by atoms with Crippen LogP contribution in [-0.4, -0.2) is 32.0 Å². The van der Waals surface area contributed by atoms with Gasteiger partial charge in [-0.2, -0.15) is 0 Å². The highest BCUT2D eigenvalue weighted by Crippen LogP contribution is 2.44. The van der Waals surface area contributed by atoms with Gasteiger partial charge in [-0.3, -0.25) is 4.90 Å². The van der Waals surface area contributed by atoms with Crippen LogP contribution >= 0.6 is 0 Å². The predicted octanol–water partition coefficient (Wildman–Crippen LogP) is 2.60. The van der Waals surface area contributed by atoms with Crippen LogP contribution in [0.15, 0.2) is 12.1 Å². The third-order valence-corrected chi connectivity index (χ3v) is 4.18. The van der Waals surface area contributed by atoms with E-state index in [0.717, 1.165) is 17.7 Å². The Balaban J connectivity index is 2.07. The zero-order valence-electron chi connectivity index (χ0n) is 13.0. The molecule has 2 aliphatic heterocycles. The smallest absolute Gasteiger partial charge is 0.414 e. The van der Waals surface area contributed by atoms with Crippen molar-refractivity contribution in [1.82, 2.24) is 0 Å². The van der Waals surface area contributed by atoms with Gasteiger partial charge in [-0.05, 0) is 31.4 Å². The van der Waals surface area contributed by atoms with Crippen molar-refractivity contribution in [3.63, 3.8) is 0 Å². The quantitative estimate of drug-likeness (QED) is 0.909. The van der Waals surface area contributed by atoms with Crippen molar-refractivity contribution < 1.29 is 19.0 Å². The van der Waals surface area contributed by atoms with Crippen LogP contribution in [-0.2, 0) is 4.74 Å². The van der Waals surface area contributed by atoms with Crippen molar-refractivity contribution in [2.45, 2.75) is 38.8 Å². The molecular weight excluding hydrogens is 284 g/mol. The summed E-state index contributed by atoms with van der Waals surface area (Å²) in [5, 5.41) is 0. The van der Waals surface area contributed by atoms with E-state index in [1.54, 1.807) is 11.8 Å². The number of hydrogen-bond donors (Lipinski definition) is 1. The summed E-state index contributed by atoms with van der Waals surface area (Å²) in [6.45, 7) is 5.23. The summed E-state index contributed by atoms with van der Waals surface area (Å²) in [7, 11) is 0. The van der Waals surface area contributed by atoms with E-state index < -0.39 is 0 Å². The summed E-state index contributed by atoms with van der Waals surface area (Å²) in [4.78, 5) is 14.1. The predicted molar refractivity (Wildman–Crippen MR) is 82.6 cm³/mol. The Bertz CT molecular complexity index is 576. The first-order chi connectivity index (χ1) is 10.7. The van der Waals surface area contributed by atoms with Gasteiger partial charge >= 0.3 is 6.09 Å². The fourth-order valence-corrected chi connectivity index (χ4v) is 3.11. The SMILES string of the molecule is CCOC(=O)N1c2cc3c(cc2C(N)CC1CC)OCCO3. The molecule has 6 heteroatoms. The number of ether oxygens (including phenoxy) is 3. The molecule has 0 aromatic heterocycles. The average Bonchev–Trinajstić information content (AvgIpc) is 2.53. The maximum atomic E-state index is 12.4. The number of carbonyl (C=O) groups excluding carboxylic acids is 1. The second-order valence-electron chi connectivity index (χ2n) is 5.53. The number of fused-ring (bicyclic) bond motifs is 2. The van der Waals surface area contributed by atoms with Crippen molar-refractivity contribution in [1.29, 1.82) is 0 Å². The number of benzene rings is 1. The minimum Gasteiger partial charge on any atom is -0.486 e. The van der Waals surface area contributed by atoms with Crippen LogP contribution in [0.4, 0.5) is 10.5 Å². The molecule has 120 valence electrons. The summed E-state index contributed by atoms with van der Waals surface area (Å²) in [6.07, 6.45) is 1.20. The molecule has 0 bridgehead atoms. The fourth-order valence-electron chi connectivity index (χ4n) is 3.11. The molecular formula is C16H22N2O4. The maximum absolute atomic E-state index is 12.4. The minimum absolute atomic E-state index is 0.0316. The monoisotopic (exact) mass is 306 g/mol. The van der Waals surface area contributed by atoms with Crippen LogP contribution in [0.2, 0.25) is 0 Å². The largest absolute Gasteiger partial charge is 0.486 e. The zero-order valence-corrected chi connectivity index (χ0v) is 13.0. The second kappa shape index (κ2) is 6.04. The van der Waals surface area contributed by atoms with Crippen molar-refractivity contribution in [3.05, 3.63) is 17.7 Å². The van der Waals surface area contributed by atoms with Crippen molar-refractivity contribution >= 4 is 11.8 Å². The van der Waals surface area contributed by atoms with E-state index in [2.05, 4.69) is 0 Å². The molecule has 2 aliphatic rings. The third-order valence-electron chi connectivity index (χ3n) is 4.18. The average molecular weight is 306 g/mol. The van der Waals surface area contributed by atoms with Crippen LogP contribution in [0, 0.1) is 0 Å². The summed E-state index contributed by atoms with van der Waals surface area (Å²) < 4.78 is 16.5. The Kier molecular flexibility index (Phi) is 4.11. The number of anilines is 1. The highest BCUT2D eigenvalue weighted by atomic mass is 16.6. The van der Waals surface area contributed by atoms with Gasteiger partial charge in [0.2, 0.25) is 0 Å². The van der Waals surface area contributed by atoms with Crippen LogP contribution < -0.4 is 20.1 Å². The normalized spacial score (nSPS) is 23.0. The van der Waals surface area contributed by atoms with Crippen LogP contribution in [0.25, 0.3) is 0 Å². The first-order valence-electron chi connectivity index (χ1n) is 7.80. The molecule has 3 rings (SSSR count). The maximum Gasteiger partial charge on any atom is 0.414 e. The summed E-state index contributed by atoms with van der Waals surface area (Å²) in [5.74, 6) is 1.35. The molecule has 22 heavy (non-hydrogen) atoms. The number of nitrogens with two attached hydrogens (primary N) is 1. The molecule has 1 amide bonds. The molecule has 0 spiro atoms. The number of amides is 1. The van der Waals surface area contributed by atoms with Gasteiger partial charge in [-0.15, -0.1) is 0 Å². The third kappa shape index (κ3) is 2.47. The van der Waals surface area contributed by atoms with Crippen molar-refractivity contribution in [2.75, 3.05) is 24.7 Å². The van der Waals surface area contributed by atoms with Gasteiger partial charge < -0.3 is 19.9 Å². The van der Waals surface area contributed by atoms with Crippen LogP contribution in [0.3, 0.4) is 0 Å². The molecule has 6 nitrogen and oxygen atoms in total. The van der Waals surface area contributed by atoms with Gasteiger partial charge in [0.05, 0.1) is 12.3 Å². The summed E-state index contributed by atoms with van der Waals surface area (Å²) in [5.41, 5.74) is 7.98. The molecule has 1 aromatic carbocycles. The lowest BCUT2D eigenvalue weighted by molar-refractivity contribution is 0.154. The number of hydrogen-bond acceptors (Lipinski definition) is 5. The Labute approximate surface area is 130 Å². The van der Waals surface area contributed by atoms with E-state index in [4.69, 9.17) is 19.9 Å². The van der Waals surface area contributed by atoms with Gasteiger partial charge in [-0.25, -0.2) is 4.79 Å². The summed E-state index contributed by atoms with van der Waals surface area (Å²) in [6, 6.07) is 3.65. The minimum atomic E-state index is -0.334. The molecule has 0 saturated carbocycles. The van der Waals surface area contributed by atoms with Gasteiger partial charge in [0.25, 0.3) is 0 Å². The first kappa shape index (κ1) is 15.0. The molecule has 2 N–H and O–H groups in total. The number of nitrogens with zero attached hydrogens (tertiary/aromatic N) is 1. The van der Waals surface area contributed by atoms with Crippen molar-refractivity contribution in [2.24, 2.45) is 5.73 Å². The Morgan fingerprint density at radius 2 is 2.00 bits per heavy atom. The van der Waals surface area contributed by atoms with E-state index >= 15 is 0 Å². The summed E-state index contributed by atoms with van der Waals surface area (Å²) >= 11 is 0. The van der Waals surface area contributed by atoms with Crippen LogP contribution in [0.1, 0.15) is 38.3 Å². The Hall–Kier alpha value is -1.95. The Morgan fingerprint density at radius 3 is 2.64 bits per heavy atom. The van der Waals surface area contributed by atoms with Gasteiger partial charge in [0, 0.05) is 18.2 Å². The standard InChI is InChI=1S/C16H22N2O4/c1-3-10-7-12(17)11-8-14-15(22-6-5-21-14)9-13(11)18(10)16(19)20-4-2/h8-10,12H,3-7,17H2,1-2H3. The fraction of sp³-hybridized carbons (Fsp3) is 0.562. The van der Waals surface area contributed by atoms with Gasteiger partial charge in [0.1, 0.15) is 13.2 Å². The van der Waals surface area contributed by atoms with E-state index in [-0.39, 0.29) is 18.2 Å². The molecule has 0 aliphatic carbocycles. The van der Waals surface area contributed by atoms with E-state index in [1.807, 2.05) is 19.1 Å². The van der Waals surface area contributed by atoms with Gasteiger partial charge in [-0.1, -0.05) is 6.92 Å². The highest BCUT2D eigenvalue weighted by molar-refractivity contribution is 5.91. The van der Waals surface area contributed by atoms with E-state index in [0.29, 0.717) is 37.7 Å². The Morgan fingerprint density at radius 1 is 1.32 bits per heavy atom. The molecule has 0 radical (unpaired) electrons. The molecule has 2 heterocycles. The van der Waals surface area contributed by atoms with E-state index in [9.17, 15) is 4.79 Å². The highest BCUT2D eigenvalue weighted by Gasteiger charge is 2.36. The van der Waals surface area contributed by atoms with Crippen LogP contribution in [0.5, 0.6) is 11.5 Å². The number of carbonyl (C=O) groups is 1. The molecule has 1 aromatic rings. The first-order valence-corrected chi connectivity index (χ1v) is 7.80. The molecule has 0 saturated heterocycles. The lowest BCUT2D eigenvalue weighted by Gasteiger charge is -2.39. The number of rotatable bonds is 2. The lowest BCUT2D eigenvalue weighted by atomic mass is 9.90.